The maximum absolute atomic E-state index is 12.6. The number of benzene rings is 1. The number of halogens is 4. The van der Waals surface area contributed by atoms with Gasteiger partial charge in [0, 0.05) is 5.02 Å². The molecule has 2 aromatic rings. The third-order valence-electron chi connectivity index (χ3n) is 2.80. The number of rotatable bonds is 5. The van der Waals surface area contributed by atoms with Crippen LogP contribution in [0, 0.1) is 0 Å². The molecule has 0 spiro atoms. The van der Waals surface area contributed by atoms with E-state index in [2.05, 4.69) is 10.4 Å². The van der Waals surface area contributed by atoms with Gasteiger partial charge in [-0.3, -0.25) is 15.2 Å². The highest BCUT2D eigenvalue weighted by molar-refractivity contribution is 6.40. The first-order valence-electron chi connectivity index (χ1n) is 6.42. The van der Waals surface area contributed by atoms with Gasteiger partial charge in [0.25, 0.3) is 5.56 Å². The number of aromatic nitrogens is 2. The molecule has 0 radical (unpaired) electrons. The summed E-state index contributed by atoms with van der Waals surface area (Å²) in [6, 6.07) is 2.85. The molecule has 2 N–H and O–H groups in total. The molecule has 0 bridgehead atoms. The van der Waals surface area contributed by atoms with Crippen molar-refractivity contribution in [1.29, 1.82) is 0 Å². The Kier molecular flexibility index (Phi) is 6.28. The number of amides is 1. The van der Waals surface area contributed by atoms with E-state index in [1.165, 1.54) is 19.2 Å². The Morgan fingerprint density at radius 2 is 1.92 bits per heavy atom. The fourth-order valence-corrected chi connectivity index (χ4v) is 2.91. The number of hydrogen-bond donors (Lipinski definition) is 2. The summed E-state index contributed by atoms with van der Waals surface area (Å²) < 4.78 is 10.8. The van der Waals surface area contributed by atoms with Crippen LogP contribution < -0.4 is 15.6 Å². The van der Waals surface area contributed by atoms with E-state index in [0.717, 1.165) is 4.68 Å². The van der Waals surface area contributed by atoms with Gasteiger partial charge in [0.1, 0.15) is 12.3 Å². The van der Waals surface area contributed by atoms with Crippen molar-refractivity contribution in [2.45, 2.75) is 0 Å². The summed E-state index contributed by atoms with van der Waals surface area (Å²) in [5.41, 5.74) is -0.659. The molecule has 11 heteroatoms. The minimum Gasteiger partial charge on any atom is -0.480 e. The maximum Gasteiger partial charge on any atom is 0.411 e. The highest BCUT2D eigenvalue weighted by Crippen LogP contribution is 2.32. The van der Waals surface area contributed by atoms with Gasteiger partial charge in [-0.1, -0.05) is 34.8 Å². The second-order valence-corrected chi connectivity index (χ2v) is 5.96. The van der Waals surface area contributed by atoms with Crippen molar-refractivity contribution in [2.75, 3.05) is 24.9 Å². The van der Waals surface area contributed by atoms with E-state index >= 15 is 0 Å². The number of methoxy groups -OCH3 is 1. The zero-order chi connectivity index (χ0) is 17.9. The van der Waals surface area contributed by atoms with Gasteiger partial charge in [-0.2, -0.15) is 0 Å². The molecule has 24 heavy (non-hydrogen) atoms. The number of carbonyl (C=O) groups excluding carboxylic acids is 1. The van der Waals surface area contributed by atoms with Crippen LogP contribution in [0.4, 0.5) is 10.5 Å². The summed E-state index contributed by atoms with van der Waals surface area (Å²) in [6.07, 6.45) is -0.856. The number of nitrogens with one attached hydrogen (secondary N) is 2. The van der Waals surface area contributed by atoms with E-state index in [4.69, 9.17) is 55.9 Å². The van der Waals surface area contributed by atoms with Gasteiger partial charge in [0.05, 0.1) is 23.0 Å². The van der Waals surface area contributed by atoms with Crippen LogP contribution in [0.3, 0.4) is 0 Å². The van der Waals surface area contributed by atoms with Gasteiger partial charge in [0.15, 0.2) is 5.69 Å². The topological polar surface area (TPSA) is 85.4 Å². The Morgan fingerprint density at radius 3 is 2.46 bits per heavy atom. The minimum absolute atomic E-state index is 0.00935. The summed E-state index contributed by atoms with van der Waals surface area (Å²) in [6.45, 7) is -0.0108. The minimum atomic E-state index is -0.856. The fraction of sp³-hybridized carbons (Fsp3) is 0.231. The lowest BCUT2D eigenvalue weighted by molar-refractivity contribution is 0.168. The predicted octanol–water partition coefficient (Wildman–Crippen LogP) is 3.92. The van der Waals surface area contributed by atoms with Gasteiger partial charge in [-0.05, 0) is 12.1 Å². The summed E-state index contributed by atoms with van der Waals surface area (Å²) in [5.74, 6) is 0.114. The molecule has 0 atom stereocenters. The summed E-state index contributed by atoms with van der Waals surface area (Å²) in [7, 11) is 1.32. The largest absolute Gasteiger partial charge is 0.480 e. The molecule has 1 aromatic heterocycles. The molecule has 7 nitrogen and oxygen atoms in total. The SMILES string of the molecule is COc1[nH]n(-c2c(Cl)cc(Cl)cc2Cl)c(=O)c1NC(=O)OCCCl. The van der Waals surface area contributed by atoms with Gasteiger partial charge in [-0.25, -0.2) is 9.48 Å². The summed E-state index contributed by atoms with van der Waals surface area (Å²) >= 11 is 23.5. The van der Waals surface area contributed by atoms with Crippen LogP contribution in [-0.2, 0) is 4.74 Å². The van der Waals surface area contributed by atoms with E-state index < -0.39 is 11.7 Å². The van der Waals surface area contributed by atoms with Crippen LogP contribution in [0.25, 0.3) is 5.69 Å². The van der Waals surface area contributed by atoms with E-state index in [-0.39, 0.29) is 39.8 Å². The Hall–Kier alpha value is -1.54. The Balaban J connectivity index is 2.48. The smallest absolute Gasteiger partial charge is 0.411 e. The molecule has 1 amide bonds. The van der Waals surface area contributed by atoms with Gasteiger partial charge in [0.2, 0.25) is 5.88 Å². The highest BCUT2D eigenvalue weighted by Gasteiger charge is 2.22. The number of aromatic amines is 1. The number of carbonyl (C=O) groups is 1. The Bertz CT molecular complexity index is 795. The zero-order valence-electron chi connectivity index (χ0n) is 12.2. The molecule has 0 fully saturated rings. The van der Waals surface area contributed by atoms with Crippen molar-refractivity contribution in [3.8, 4) is 11.6 Å². The molecular weight excluding hydrogens is 404 g/mol. The molecule has 0 saturated heterocycles. The highest BCUT2D eigenvalue weighted by atomic mass is 35.5. The monoisotopic (exact) mass is 413 g/mol. The third kappa shape index (κ3) is 3.92. The number of ether oxygens (including phenoxy) is 2. The average molecular weight is 415 g/mol. The number of H-pyrrole nitrogens is 1. The molecule has 1 aromatic carbocycles. The van der Waals surface area contributed by atoms with Gasteiger partial charge >= 0.3 is 6.09 Å². The lowest BCUT2D eigenvalue weighted by atomic mass is 10.3. The zero-order valence-corrected chi connectivity index (χ0v) is 15.2. The fourth-order valence-electron chi connectivity index (χ4n) is 1.85. The standard InChI is InChI=1S/C13H11Cl4N3O4/c1-23-11-9(18-13(22)24-3-2-14)12(21)20(19-11)10-7(16)4-6(15)5-8(10)17/h4-5,19H,2-3H2,1H3,(H,18,22). The second kappa shape index (κ2) is 8.02. The Labute approximate surface area is 156 Å². The normalized spacial score (nSPS) is 10.5. The number of anilines is 1. The van der Waals surface area contributed by atoms with Crippen LogP contribution in [0.2, 0.25) is 15.1 Å². The molecule has 0 aliphatic carbocycles. The van der Waals surface area contributed by atoms with E-state index in [9.17, 15) is 9.59 Å². The number of hydrogen-bond acceptors (Lipinski definition) is 4. The molecule has 0 unspecified atom stereocenters. The number of nitrogens with zero attached hydrogens (tertiary/aromatic N) is 1. The van der Waals surface area contributed by atoms with E-state index in [1.807, 2.05) is 0 Å². The molecule has 1 heterocycles. The van der Waals surface area contributed by atoms with Gasteiger partial charge < -0.3 is 9.47 Å². The number of alkyl halides is 1. The molecule has 130 valence electrons. The van der Waals surface area contributed by atoms with Crippen LogP contribution in [0.5, 0.6) is 5.88 Å². The lowest BCUT2D eigenvalue weighted by Crippen LogP contribution is -2.22. The van der Waals surface area contributed by atoms with Crippen molar-refractivity contribution >= 4 is 58.2 Å². The molecule has 0 aliphatic rings. The maximum atomic E-state index is 12.6. The Morgan fingerprint density at radius 1 is 1.29 bits per heavy atom. The third-order valence-corrected chi connectivity index (χ3v) is 3.75. The van der Waals surface area contributed by atoms with Crippen LogP contribution in [0.15, 0.2) is 16.9 Å². The van der Waals surface area contributed by atoms with Crippen molar-refractivity contribution in [3.63, 3.8) is 0 Å². The first-order chi connectivity index (χ1) is 11.4. The second-order valence-electron chi connectivity index (χ2n) is 4.33. The summed E-state index contributed by atoms with van der Waals surface area (Å²) in [5, 5.41) is 5.51. The van der Waals surface area contributed by atoms with Crippen molar-refractivity contribution < 1.29 is 14.3 Å². The predicted molar refractivity (Wildman–Crippen MR) is 93.7 cm³/mol. The van der Waals surface area contributed by atoms with E-state index in [1.54, 1.807) is 0 Å². The van der Waals surface area contributed by atoms with Crippen LogP contribution >= 0.6 is 46.4 Å². The quantitative estimate of drug-likeness (QED) is 0.726. The molecular formula is C13H11Cl4N3O4. The van der Waals surface area contributed by atoms with Crippen molar-refractivity contribution in [1.82, 2.24) is 9.78 Å². The first kappa shape index (κ1) is 18.8. The van der Waals surface area contributed by atoms with Crippen molar-refractivity contribution in [3.05, 3.63) is 37.6 Å². The molecule has 0 aliphatic heterocycles. The van der Waals surface area contributed by atoms with Crippen LogP contribution in [-0.4, -0.2) is 35.5 Å². The molecule has 0 saturated carbocycles. The summed E-state index contributed by atoms with van der Waals surface area (Å²) in [4.78, 5) is 24.2. The molecule has 2 rings (SSSR count). The van der Waals surface area contributed by atoms with Crippen molar-refractivity contribution in [2.24, 2.45) is 0 Å². The average Bonchev–Trinajstić information content (AvgIpc) is 2.81. The first-order valence-corrected chi connectivity index (χ1v) is 8.09. The van der Waals surface area contributed by atoms with Gasteiger partial charge in [-0.15, -0.1) is 11.6 Å². The van der Waals surface area contributed by atoms with E-state index in [0.29, 0.717) is 5.02 Å². The lowest BCUT2D eigenvalue weighted by Gasteiger charge is -2.07. The van der Waals surface area contributed by atoms with Crippen LogP contribution in [0.1, 0.15) is 0 Å².